The fraction of sp³-hybridized carbons (Fsp3) is 0.562. The van der Waals surface area contributed by atoms with Gasteiger partial charge in [0.25, 0.3) is 0 Å². The number of benzene rings is 1. The first kappa shape index (κ1) is 13.7. The predicted octanol–water partition coefficient (Wildman–Crippen LogP) is 3.77. The molecule has 0 bridgehead atoms. The number of hydrogen-bond donors (Lipinski definition) is 2. The van der Waals surface area contributed by atoms with Crippen LogP contribution in [0.15, 0.2) is 18.2 Å². The van der Waals surface area contributed by atoms with Crippen molar-refractivity contribution in [1.29, 1.82) is 5.26 Å². The molecule has 3 heteroatoms. The first-order valence-corrected chi connectivity index (χ1v) is 6.96. The Morgan fingerprint density at radius 1 is 1.37 bits per heavy atom. The van der Waals surface area contributed by atoms with Crippen molar-refractivity contribution in [2.75, 3.05) is 11.1 Å². The second-order valence-corrected chi connectivity index (χ2v) is 6.67. The smallest absolute Gasteiger partial charge is 0.0992 e. The summed E-state index contributed by atoms with van der Waals surface area (Å²) in [6, 6.07) is 8.05. The van der Waals surface area contributed by atoms with Crippen LogP contribution in [0.3, 0.4) is 0 Å². The normalized spacial score (nSPS) is 25.6. The first-order valence-electron chi connectivity index (χ1n) is 6.96. The van der Waals surface area contributed by atoms with Crippen LogP contribution in [0.4, 0.5) is 11.4 Å². The lowest BCUT2D eigenvalue weighted by molar-refractivity contribution is 0.178. The van der Waals surface area contributed by atoms with Crippen LogP contribution >= 0.6 is 0 Å². The van der Waals surface area contributed by atoms with Gasteiger partial charge in [-0.05, 0) is 48.8 Å². The molecule has 1 aliphatic carbocycles. The molecule has 102 valence electrons. The maximum atomic E-state index is 8.85. The lowest BCUT2D eigenvalue weighted by atomic mass is 9.70. The fourth-order valence-corrected chi connectivity index (χ4v) is 3.44. The van der Waals surface area contributed by atoms with Gasteiger partial charge in [0.2, 0.25) is 0 Å². The van der Waals surface area contributed by atoms with Crippen molar-refractivity contribution in [1.82, 2.24) is 0 Å². The third-order valence-electron chi connectivity index (χ3n) is 3.93. The van der Waals surface area contributed by atoms with E-state index in [2.05, 4.69) is 32.2 Å². The highest BCUT2D eigenvalue weighted by molar-refractivity contribution is 5.68. The average Bonchev–Trinajstić information content (AvgIpc) is 2.29. The molecule has 3 N–H and O–H groups in total. The van der Waals surface area contributed by atoms with E-state index >= 15 is 0 Å². The molecule has 2 atom stereocenters. The fourth-order valence-electron chi connectivity index (χ4n) is 3.44. The minimum atomic E-state index is 0.386. The highest BCUT2D eigenvalue weighted by Gasteiger charge is 2.32. The van der Waals surface area contributed by atoms with Crippen molar-refractivity contribution in [3.63, 3.8) is 0 Å². The van der Waals surface area contributed by atoms with Crippen molar-refractivity contribution in [3.05, 3.63) is 23.8 Å². The van der Waals surface area contributed by atoms with Gasteiger partial charge < -0.3 is 11.1 Å². The topological polar surface area (TPSA) is 61.8 Å². The Hall–Kier alpha value is -1.69. The van der Waals surface area contributed by atoms with Crippen molar-refractivity contribution in [2.45, 2.75) is 46.1 Å². The van der Waals surface area contributed by atoms with Gasteiger partial charge in [-0.2, -0.15) is 5.26 Å². The van der Waals surface area contributed by atoms with Gasteiger partial charge >= 0.3 is 0 Å². The zero-order chi connectivity index (χ0) is 14.0. The zero-order valence-corrected chi connectivity index (χ0v) is 12.0. The molecule has 0 saturated heterocycles. The Morgan fingerprint density at radius 2 is 2.11 bits per heavy atom. The lowest BCUT2D eigenvalue weighted by Crippen LogP contribution is -2.35. The van der Waals surface area contributed by atoms with Crippen LogP contribution in [-0.2, 0) is 0 Å². The number of nitrogens with two attached hydrogens (primary N) is 1. The van der Waals surface area contributed by atoms with E-state index in [4.69, 9.17) is 11.0 Å². The van der Waals surface area contributed by atoms with E-state index in [-0.39, 0.29) is 0 Å². The first-order chi connectivity index (χ1) is 8.89. The van der Waals surface area contributed by atoms with Gasteiger partial charge in [-0.1, -0.05) is 20.8 Å². The van der Waals surface area contributed by atoms with Crippen molar-refractivity contribution < 1.29 is 0 Å². The summed E-state index contributed by atoms with van der Waals surface area (Å²) in [5, 5.41) is 12.4. The van der Waals surface area contributed by atoms with Crippen molar-refractivity contribution >= 4 is 11.4 Å². The molecule has 0 radical (unpaired) electrons. The molecule has 0 amide bonds. The molecule has 19 heavy (non-hydrogen) atoms. The van der Waals surface area contributed by atoms with Crippen molar-refractivity contribution in [3.8, 4) is 6.07 Å². The standard InChI is InChI=1S/C16H23N3/c1-11-6-13(9-16(2,3)8-11)19-15-5-4-12(10-17)7-14(15)18/h4-5,7,11,13,19H,6,8-9,18H2,1-3H3/t11-,13+/m0/s1. The summed E-state index contributed by atoms with van der Waals surface area (Å²) in [7, 11) is 0. The molecule has 0 unspecified atom stereocenters. The molecule has 0 aliphatic heterocycles. The minimum Gasteiger partial charge on any atom is -0.397 e. The molecule has 0 heterocycles. The van der Waals surface area contributed by atoms with E-state index in [0.29, 0.717) is 22.7 Å². The van der Waals surface area contributed by atoms with Gasteiger partial charge in [-0.3, -0.25) is 0 Å². The van der Waals surface area contributed by atoms with Crippen LogP contribution in [-0.4, -0.2) is 6.04 Å². The third-order valence-corrected chi connectivity index (χ3v) is 3.93. The number of nitrogens with zero attached hydrogens (tertiary/aromatic N) is 1. The van der Waals surface area contributed by atoms with Crippen LogP contribution < -0.4 is 11.1 Å². The SMILES string of the molecule is C[C@H]1C[C@@H](Nc2ccc(C#N)cc2N)CC(C)(C)C1. The van der Waals surface area contributed by atoms with E-state index in [1.54, 1.807) is 6.07 Å². The zero-order valence-electron chi connectivity index (χ0n) is 12.0. The third kappa shape index (κ3) is 3.41. The van der Waals surface area contributed by atoms with E-state index in [1.165, 1.54) is 12.8 Å². The molecular weight excluding hydrogens is 234 g/mol. The van der Waals surface area contributed by atoms with Crippen LogP contribution in [0.1, 0.15) is 45.6 Å². The minimum absolute atomic E-state index is 0.386. The summed E-state index contributed by atoms with van der Waals surface area (Å²) in [6.07, 6.45) is 3.63. The Morgan fingerprint density at radius 3 is 2.68 bits per heavy atom. The monoisotopic (exact) mass is 257 g/mol. The average molecular weight is 257 g/mol. The quantitative estimate of drug-likeness (QED) is 0.793. The summed E-state index contributed by atoms with van der Waals surface area (Å²) in [5.41, 5.74) is 8.61. The molecular formula is C16H23N3. The summed E-state index contributed by atoms with van der Waals surface area (Å²) < 4.78 is 0. The van der Waals surface area contributed by atoms with Crippen LogP contribution in [0.2, 0.25) is 0 Å². The molecule has 1 fully saturated rings. The molecule has 3 nitrogen and oxygen atoms in total. The van der Waals surface area contributed by atoms with E-state index in [1.807, 2.05) is 12.1 Å². The summed E-state index contributed by atoms with van der Waals surface area (Å²) in [6.45, 7) is 6.98. The van der Waals surface area contributed by atoms with E-state index in [0.717, 1.165) is 18.0 Å². The van der Waals surface area contributed by atoms with Gasteiger partial charge in [0.1, 0.15) is 0 Å². The molecule has 2 rings (SSSR count). The van der Waals surface area contributed by atoms with Gasteiger partial charge in [0.15, 0.2) is 0 Å². The lowest BCUT2D eigenvalue weighted by Gasteiger charge is -2.39. The van der Waals surface area contributed by atoms with Crippen LogP contribution in [0, 0.1) is 22.7 Å². The Bertz CT molecular complexity index is 499. The molecule has 1 aliphatic rings. The van der Waals surface area contributed by atoms with E-state index < -0.39 is 0 Å². The number of nitriles is 1. The summed E-state index contributed by atoms with van der Waals surface area (Å²) in [4.78, 5) is 0. The molecule has 0 aromatic heterocycles. The summed E-state index contributed by atoms with van der Waals surface area (Å²) in [5.74, 6) is 0.737. The maximum absolute atomic E-state index is 8.85. The van der Waals surface area contributed by atoms with E-state index in [9.17, 15) is 0 Å². The Kier molecular flexibility index (Phi) is 3.71. The highest BCUT2D eigenvalue weighted by atomic mass is 14.9. The largest absolute Gasteiger partial charge is 0.397 e. The number of anilines is 2. The second kappa shape index (κ2) is 5.13. The number of rotatable bonds is 2. The van der Waals surface area contributed by atoms with Gasteiger partial charge in [-0.15, -0.1) is 0 Å². The van der Waals surface area contributed by atoms with Gasteiger partial charge in [-0.25, -0.2) is 0 Å². The number of nitrogen functional groups attached to an aromatic ring is 1. The molecule has 1 aromatic rings. The second-order valence-electron chi connectivity index (χ2n) is 6.67. The van der Waals surface area contributed by atoms with Crippen molar-refractivity contribution in [2.24, 2.45) is 11.3 Å². The van der Waals surface area contributed by atoms with Crippen LogP contribution in [0.25, 0.3) is 0 Å². The van der Waals surface area contributed by atoms with Gasteiger partial charge in [0, 0.05) is 6.04 Å². The Balaban J connectivity index is 2.11. The molecule has 1 saturated carbocycles. The molecule has 1 aromatic carbocycles. The number of nitrogens with one attached hydrogen (secondary N) is 1. The Labute approximate surface area is 115 Å². The molecule has 0 spiro atoms. The predicted molar refractivity (Wildman–Crippen MR) is 79.8 cm³/mol. The number of hydrogen-bond acceptors (Lipinski definition) is 3. The summed E-state index contributed by atoms with van der Waals surface area (Å²) >= 11 is 0. The van der Waals surface area contributed by atoms with Crippen LogP contribution in [0.5, 0.6) is 0 Å². The van der Waals surface area contributed by atoms with Gasteiger partial charge in [0.05, 0.1) is 23.0 Å². The maximum Gasteiger partial charge on any atom is 0.0992 e. The highest BCUT2D eigenvalue weighted by Crippen LogP contribution is 2.40.